The van der Waals surface area contributed by atoms with Gasteiger partial charge in [0.25, 0.3) is 5.69 Å². The van der Waals surface area contributed by atoms with Gasteiger partial charge in [0.05, 0.1) is 4.92 Å². The Morgan fingerprint density at radius 3 is 2.42 bits per heavy atom. The molecule has 1 N–H and O–H groups in total. The zero-order valence-corrected chi connectivity index (χ0v) is 18.4. The van der Waals surface area contributed by atoms with Gasteiger partial charge in [-0.25, -0.2) is 0 Å². The van der Waals surface area contributed by atoms with Crippen molar-refractivity contribution in [3.05, 3.63) is 82.6 Å². The SMILES string of the molecule is O=[N+]([O-])c1ccc(CN2CCN(CCCc3c[nH]c4ccc(-n5cnnc5)cc34)CC2)cc1. The fourth-order valence-corrected chi connectivity index (χ4v) is 4.51. The van der Waals surface area contributed by atoms with E-state index in [1.54, 1.807) is 24.8 Å². The molecule has 3 heterocycles. The molecule has 0 bridgehead atoms. The first-order valence-corrected chi connectivity index (χ1v) is 11.3. The largest absolute Gasteiger partial charge is 0.361 e. The average molecular weight is 446 g/mol. The number of nitrogens with one attached hydrogen (secondary N) is 1. The van der Waals surface area contributed by atoms with E-state index in [1.165, 1.54) is 10.9 Å². The summed E-state index contributed by atoms with van der Waals surface area (Å²) in [4.78, 5) is 18.8. The number of aromatic amines is 1. The highest BCUT2D eigenvalue weighted by molar-refractivity contribution is 5.85. The van der Waals surface area contributed by atoms with Crippen LogP contribution in [0.15, 0.2) is 61.3 Å². The minimum Gasteiger partial charge on any atom is -0.361 e. The highest BCUT2D eigenvalue weighted by atomic mass is 16.6. The van der Waals surface area contributed by atoms with Gasteiger partial charge in [0, 0.05) is 67.6 Å². The van der Waals surface area contributed by atoms with Crippen LogP contribution in [0.25, 0.3) is 16.6 Å². The Morgan fingerprint density at radius 2 is 1.70 bits per heavy atom. The van der Waals surface area contributed by atoms with E-state index in [-0.39, 0.29) is 10.6 Å². The first kappa shape index (κ1) is 21.3. The van der Waals surface area contributed by atoms with Gasteiger partial charge in [-0.05, 0) is 48.7 Å². The number of aromatic nitrogens is 4. The molecule has 0 saturated carbocycles. The standard InChI is InChI=1S/C24H27N7O2/c32-31(33)21-5-3-19(4-6-21)16-29-12-10-28(11-13-29)9-1-2-20-15-25-24-8-7-22(14-23(20)24)30-17-26-27-18-30/h3-8,14-15,17-18,25H,1-2,9-13,16H2. The highest BCUT2D eigenvalue weighted by Gasteiger charge is 2.17. The van der Waals surface area contributed by atoms with Crippen LogP contribution in [0, 0.1) is 10.1 Å². The van der Waals surface area contributed by atoms with E-state index >= 15 is 0 Å². The van der Waals surface area contributed by atoms with Crippen LogP contribution in [-0.2, 0) is 13.0 Å². The molecule has 2 aromatic carbocycles. The van der Waals surface area contributed by atoms with Crippen molar-refractivity contribution in [3.63, 3.8) is 0 Å². The molecule has 0 atom stereocenters. The molecule has 1 saturated heterocycles. The number of hydrogen-bond donors (Lipinski definition) is 1. The summed E-state index contributed by atoms with van der Waals surface area (Å²) in [6.45, 7) is 6.08. The van der Waals surface area contributed by atoms with Gasteiger partial charge in [-0.15, -0.1) is 10.2 Å². The van der Waals surface area contributed by atoms with Crippen LogP contribution in [0.2, 0.25) is 0 Å². The molecule has 1 aliphatic rings. The third-order valence-electron chi connectivity index (χ3n) is 6.41. The molecule has 170 valence electrons. The minimum atomic E-state index is -0.352. The molecule has 0 spiro atoms. The maximum absolute atomic E-state index is 10.8. The molecular formula is C24H27N7O2. The van der Waals surface area contributed by atoms with Gasteiger partial charge in [-0.1, -0.05) is 12.1 Å². The van der Waals surface area contributed by atoms with Gasteiger partial charge >= 0.3 is 0 Å². The van der Waals surface area contributed by atoms with Crippen molar-refractivity contribution in [2.24, 2.45) is 0 Å². The van der Waals surface area contributed by atoms with Gasteiger partial charge in [0.15, 0.2) is 0 Å². The second kappa shape index (κ2) is 9.51. The lowest BCUT2D eigenvalue weighted by molar-refractivity contribution is -0.384. The zero-order chi connectivity index (χ0) is 22.6. The Balaban J connectivity index is 1.10. The number of aryl methyl sites for hydroxylation is 1. The third-order valence-corrected chi connectivity index (χ3v) is 6.41. The van der Waals surface area contributed by atoms with E-state index in [0.29, 0.717) is 0 Å². The topological polar surface area (TPSA) is 96.1 Å². The summed E-state index contributed by atoms with van der Waals surface area (Å²) in [5.41, 5.74) is 4.84. The van der Waals surface area contributed by atoms with Gasteiger partial charge in [0.2, 0.25) is 0 Å². The number of nitro benzene ring substituents is 1. The van der Waals surface area contributed by atoms with E-state index in [1.807, 2.05) is 16.7 Å². The van der Waals surface area contributed by atoms with Crippen LogP contribution in [0.4, 0.5) is 5.69 Å². The van der Waals surface area contributed by atoms with Crippen molar-refractivity contribution in [2.45, 2.75) is 19.4 Å². The normalized spacial score (nSPS) is 15.3. The predicted molar refractivity (Wildman–Crippen MR) is 126 cm³/mol. The third kappa shape index (κ3) is 4.94. The van der Waals surface area contributed by atoms with Crippen LogP contribution in [0.1, 0.15) is 17.5 Å². The van der Waals surface area contributed by atoms with Crippen LogP contribution in [0.5, 0.6) is 0 Å². The lowest BCUT2D eigenvalue weighted by atomic mass is 10.1. The maximum Gasteiger partial charge on any atom is 0.269 e. The number of H-pyrrole nitrogens is 1. The molecule has 9 nitrogen and oxygen atoms in total. The first-order chi connectivity index (χ1) is 16.2. The van der Waals surface area contributed by atoms with Crippen LogP contribution < -0.4 is 0 Å². The Hall–Kier alpha value is -3.56. The monoisotopic (exact) mass is 445 g/mol. The summed E-state index contributed by atoms with van der Waals surface area (Å²) in [6.07, 6.45) is 7.72. The number of hydrogen-bond acceptors (Lipinski definition) is 6. The Morgan fingerprint density at radius 1 is 0.970 bits per heavy atom. The van der Waals surface area contributed by atoms with Crippen molar-refractivity contribution >= 4 is 16.6 Å². The first-order valence-electron chi connectivity index (χ1n) is 11.3. The molecule has 0 radical (unpaired) electrons. The van der Waals surface area contributed by atoms with Crippen LogP contribution in [0.3, 0.4) is 0 Å². The van der Waals surface area contributed by atoms with E-state index in [2.05, 4.69) is 49.4 Å². The summed E-state index contributed by atoms with van der Waals surface area (Å²) in [5, 5.41) is 19.9. The lowest BCUT2D eigenvalue weighted by Crippen LogP contribution is -2.46. The minimum absolute atomic E-state index is 0.147. The number of nitrogens with zero attached hydrogens (tertiary/aromatic N) is 6. The quantitative estimate of drug-likeness (QED) is 0.330. The van der Waals surface area contributed by atoms with Crippen molar-refractivity contribution < 1.29 is 4.92 Å². The number of benzene rings is 2. The predicted octanol–water partition coefficient (Wildman–Crippen LogP) is 3.41. The Labute approximate surface area is 191 Å². The van der Waals surface area contributed by atoms with Crippen LogP contribution >= 0.6 is 0 Å². The van der Waals surface area contributed by atoms with E-state index in [9.17, 15) is 10.1 Å². The van der Waals surface area contributed by atoms with E-state index < -0.39 is 0 Å². The fraction of sp³-hybridized carbons (Fsp3) is 0.333. The Kier molecular flexibility index (Phi) is 6.14. The zero-order valence-electron chi connectivity index (χ0n) is 18.4. The van der Waals surface area contributed by atoms with Crippen molar-refractivity contribution in [2.75, 3.05) is 32.7 Å². The molecular weight excluding hydrogens is 418 g/mol. The molecule has 0 aliphatic carbocycles. The van der Waals surface area contributed by atoms with Crippen molar-refractivity contribution in [1.82, 2.24) is 29.5 Å². The molecule has 1 aliphatic heterocycles. The van der Waals surface area contributed by atoms with E-state index in [4.69, 9.17) is 0 Å². The second-order valence-corrected chi connectivity index (χ2v) is 8.56. The fourth-order valence-electron chi connectivity index (χ4n) is 4.51. The molecule has 9 heteroatoms. The number of rotatable bonds is 8. The molecule has 2 aromatic heterocycles. The maximum atomic E-state index is 10.8. The highest BCUT2D eigenvalue weighted by Crippen LogP contribution is 2.23. The number of fused-ring (bicyclic) bond motifs is 1. The molecule has 1 fully saturated rings. The Bertz CT molecular complexity index is 1210. The smallest absolute Gasteiger partial charge is 0.269 e. The number of nitro groups is 1. The number of non-ortho nitro benzene ring substituents is 1. The number of piperazine rings is 1. The summed E-state index contributed by atoms with van der Waals surface area (Å²) in [7, 11) is 0. The second-order valence-electron chi connectivity index (χ2n) is 8.56. The van der Waals surface area contributed by atoms with Gasteiger partial charge in [0.1, 0.15) is 12.7 Å². The molecule has 33 heavy (non-hydrogen) atoms. The van der Waals surface area contributed by atoms with Gasteiger partial charge in [-0.3, -0.25) is 19.6 Å². The van der Waals surface area contributed by atoms with Crippen molar-refractivity contribution in [3.8, 4) is 5.69 Å². The summed E-state index contributed by atoms with van der Waals surface area (Å²) in [6, 6.07) is 13.3. The summed E-state index contributed by atoms with van der Waals surface area (Å²) < 4.78 is 1.92. The lowest BCUT2D eigenvalue weighted by Gasteiger charge is -2.34. The van der Waals surface area contributed by atoms with Gasteiger partial charge < -0.3 is 9.88 Å². The summed E-state index contributed by atoms with van der Waals surface area (Å²) >= 11 is 0. The molecule has 5 rings (SSSR count). The molecule has 0 amide bonds. The van der Waals surface area contributed by atoms with E-state index in [0.717, 1.165) is 68.9 Å². The van der Waals surface area contributed by atoms with Crippen molar-refractivity contribution in [1.29, 1.82) is 0 Å². The summed E-state index contributed by atoms with van der Waals surface area (Å²) in [5.74, 6) is 0. The average Bonchev–Trinajstić information content (AvgIpc) is 3.51. The van der Waals surface area contributed by atoms with Gasteiger partial charge in [-0.2, -0.15) is 0 Å². The molecule has 0 unspecified atom stereocenters. The van der Waals surface area contributed by atoms with Crippen LogP contribution in [-0.4, -0.2) is 67.2 Å². The molecule has 4 aromatic rings.